The highest BCUT2D eigenvalue weighted by molar-refractivity contribution is 5.78. The Morgan fingerprint density at radius 1 is 1.30 bits per heavy atom. The van der Waals surface area contributed by atoms with Gasteiger partial charge in [-0.1, -0.05) is 30.3 Å². The highest BCUT2D eigenvalue weighted by Crippen LogP contribution is 2.05. The highest BCUT2D eigenvalue weighted by Gasteiger charge is 2.16. The van der Waals surface area contributed by atoms with Crippen molar-refractivity contribution in [2.24, 2.45) is 5.73 Å². The lowest BCUT2D eigenvalue weighted by Crippen LogP contribution is -2.36. The van der Waals surface area contributed by atoms with Crippen LogP contribution in [0.2, 0.25) is 0 Å². The minimum atomic E-state index is -1.06. The molecular weight excluding hydrogens is 256 g/mol. The molecule has 0 unspecified atom stereocenters. The van der Waals surface area contributed by atoms with E-state index in [-0.39, 0.29) is 18.7 Å². The monoisotopic (exact) mass is 278 g/mol. The molecule has 0 spiro atoms. The van der Waals surface area contributed by atoms with Gasteiger partial charge in [0.25, 0.3) is 0 Å². The fourth-order valence-electron chi connectivity index (χ4n) is 1.93. The number of aliphatic carboxylic acids is 1. The van der Waals surface area contributed by atoms with Crippen LogP contribution < -0.4 is 5.73 Å². The average Bonchev–Trinajstić information content (AvgIpc) is 2.46. The topological polar surface area (TPSA) is 83.6 Å². The molecule has 5 heteroatoms. The van der Waals surface area contributed by atoms with Crippen molar-refractivity contribution in [3.8, 4) is 0 Å². The first-order valence-electron chi connectivity index (χ1n) is 6.84. The van der Waals surface area contributed by atoms with Crippen molar-refractivity contribution in [2.45, 2.75) is 32.2 Å². The predicted molar refractivity (Wildman–Crippen MR) is 77.2 cm³/mol. The first-order chi connectivity index (χ1) is 9.54. The normalized spacial score (nSPS) is 11.9. The summed E-state index contributed by atoms with van der Waals surface area (Å²) in [6.07, 6.45) is 1.15. The van der Waals surface area contributed by atoms with Crippen molar-refractivity contribution in [2.75, 3.05) is 13.1 Å². The van der Waals surface area contributed by atoms with Crippen LogP contribution in [0.15, 0.2) is 30.3 Å². The molecule has 1 atom stereocenters. The van der Waals surface area contributed by atoms with Gasteiger partial charge in [-0.3, -0.25) is 9.59 Å². The summed E-state index contributed by atoms with van der Waals surface area (Å²) in [6.45, 7) is 3.18. The van der Waals surface area contributed by atoms with Crippen molar-refractivity contribution >= 4 is 11.9 Å². The van der Waals surface area contributed by atoms with Gasteiger partial charge in [0.1, 0.15) is 6.04 Å². The molecule has 110 valence electrons. The Morgan fingerprint density at radius 2 is 1.95 bits per heavy atom. The molecule has 0 saturated heterocycles. The third-order valence-electron chi connectivity index (χ3n) is 3.23. The standard InChI is InChI=1S/C15H22N2O3/c1-2-17(11-10-12-6-4-3-5-7-12)14(18)9-8-13(16)15(19)20/h3-7,13H,2,8-11,16H2,1H3,(H,19,20)/t13-/m0/s1. The van der Waals surface area contributed by atoms with E-state index in [4.69, 9.17) is 10.8 Å². The van der Waals surface area contributed by atoms with Gasteiger partial charge >= 0.3 is 5.97 Å². The van der Waals surface area contributed by atoms with Crippen LogP contribution in [-0.4, -0.2) is 41.0 Å². The Kier molecular flexibility index (Phi) is 6.73. The summed E-state index contributed by atoms with van der Waals surface area (Å²) >= 11 is 0. The summed E-state index contributed by atoms with van der Waals surface area (Å²) in [4.78, 5) is 24.3. The molecule has 1 aromatic rings. The number of rotatable bonds is 8. The molecule has 20 heavy (non-hydrogen) atoms. The van der Waals surface area contributed by atoms with Crippen molar-refractivity contribution < 1.29 is 14.7 Å². The highest BCUT2D eigenvalue weighted by atomic mass is 16.4. The molecule has 0 radical (unpaired) electrons. The zero-order valence-corrected chi connectivity index (χ0v) is 11.8. The minimum absolute atomic E-state index is 0.0415. The first-order valence-corrected chi connectivity index (χ1v) is 6.84. The van der Waals surface area contributed by atoms with Crippen LogP contribution in [0.5, 0.6) is 0 Å². The van der Waals surface area contributed by atoms with Crippen LogP contribution in [0.25, 0.3) is 0 Å². The molecule has 0 aliphatic rings. The number of carboxylic acids is 1. The van der Waals surface area contributed by atoms with Gasteiger partial charge in [0.2, 0.25) is 5.91 Å². The second-order valence-electron chi connectivity index (χ2n) is 4.69. The van der Waals surface area contributed by atoms with Gasteiger partial charge in [-0.15, -0.1) is 0 Å². The van der Waals surface area contributed by atoms with Gasteiger partial charge in [0, 0.05) is 19.5 Å². The SMILES string of the molecule is CCN(CCc1ccccc1)C(=O)CC[C@H](N)C(=O)O. The number of carbonyl (C=O) groups excluding carboxylic acids is 1. The molecule has 0 heterocycles. The summed E-state index contributed by atoms with van der Waals surface area (Å²) in [5, 5.41) is 8.69. The van der Waals surface area contributed by atoms with E-state index in [1.54, 1.807) is 4.90 Å². The molecule has 0 aromatic heterocycles. The average molecular weight is 278 g/mol. The number of amides is 1. The molecule has 1 aromatic carbocycles. The van der Waals surface area contributed by atoms with Crippen LogP contribution in [0.4, 0.5) is 0 Å². The lowest BCUT2D eigenvalue weighted by Gasteiger charge is -2.21. The maximum absolute atomic E-state index is 12.0. The van der Waals surface area contributed by atoms with Crippen molar-refractivity contribution in [3.63, 3.8) is 0 Å². The maximum Gasteiger partial charge on any atom is 0.320 e. The van der Waals surface area contributed by atoms with E-state index >= 15 is 0 Å². The number of hydrogen-bond donors (Lipinski definition) is 2. The van der Waals surface area contributed by atoms with Crippen molar-refractivity contribution in [3.05, 3.63) is 35.9 Å². The zero-order valence-electron chi connectivity index (χ0n) is 11.8. The fraction of sp³-hybridized carbons (Fsp3) is 0.467. The summed E-state index contributed by atoms with van der Waals surface area (Å²) in [5.41, 5.74) is 6.58. The summed E-state index contributed by atoms with van der Waals surface area (Å²) in [5.74, 6) is -1.11. The summed E-state index contributed by atoms with van der Waals surface area (Å²) in [6, 6.07) is 8.99. The molecule has 5 nitrogen and oxygen atoms in total. The zero-order chi connectivity index (χ0) is 15.0. The van der Waals surface area contributed by atoms with Crippen molar-refractivity contribution in [1.82, 2.24) is 4.90 Å². The Hall–Kier alpha value is -1.88. The lowest BCUT2D eigenvalue weighted by molar-refractivity contribution is -0.139. The smallest absolute Gasteiger partial charge is 0.320 e. The van der Waals surface area contributed by atoms with Gasteiger partial charge in [-0.05, 0) is 25.3 Å². The van der Waals surface area contributed by atoms with Gasteiger partial charge in [-0.2, -0.15) is 0 Å². The molecule has 0 bridgehead atoms. The van der Waals surface area contributed by atoms with E-state index in [0.29, 0.717) is 13.1 Å². The first kappa shape index (κ1) is 16.2. The molecule has 1 amide bonds. The predicted octanol–water partition coefficient (Wildman–Crippen LogP) is 1.27. The Bertz CT molecular complexity index is 434. The minimum Gasteiger partial charge on any atom is -0.480 e. The van der Waals surface area contributed by atoms with Gasteiger partial charge < -0.3 is 15.7 Å². The lowest BCUT2D eigenvalue weighted by atomic mass is 10.1. The third-order valence-corrected chi connectivity index (χ3v) is 3.23. The molecular formula is C15H22N2O3. The van der Waals surface area contributed by atoms with E-state index < -0.39 is 12.0 Å². The Labute approximate surface area is 119 Å². The van der Waals surface area contributed by atoms with Crippen LogP contribution in [-0.2, 0) is 16.0 Å². The van der Waals surface area contributed by atoms with Crippen molar-refractivity contribution in [1.29, 1.82) is 0 Å². The third kappa shape index (κ3) is 5.40. The number of nitrogens with two attached hydrogens (primary N) is 1. The number of carboxylic acid groups (broad SMARTS) is 1. The largest absolute Gasteiger partial charge is 0.480 e. The van der Waals surface area contributed by atoms with Gasteiger partial charge in [-0.25, -0.2) is 0 Å². The van der Waals surface area contributed by atoms with E-state index in [1.165, 1.54) is 5.56 Å². The molecule has 0 saturated carbocycles. The second kappa shape index (κ2) is 8.32. The van der Waals surface area contributed by atoms with E-state index in [0.717, 1.165) is 6.42 Å². The summed E-state index contributed by atoms with van der Waals surface area (Å²) < 4.78 is 0. The number of nitrogens with zero attached hydrogens (tertiary/aromatic N) is 1. The van der Waals surface area contributed by atoms with Crippen LogP contribution >= 0.6 is 0 Å². The molecule has 0 aliphatic carbocycles. The second-order valence-corrected chi connectivity index (χ2v) is 4.69. The number of likely N-dealkylation sites (N-methyl/N-ethyl adjacent to an activating group) is 1. The number of carbonyl (C=O) groups is 2. The van der Waals surface area contributed by atoms with E-state index in [2.05, 4.69) is 0 Å². The van der Waals surface area contributed by atoms with Gasteiger partial charge in [0.05, 0.1) is 0 Å². The van der Waals surface area contributed by atoms with Crippen LogP contribution in [0.3, 0.4) is 0 Å². The van der Waals surface area contributed by atoms with Crippen LogP contribution in [0, 0.1) is 0 Å². The number of benzene rings is 1. The molecule has 0 fully saturated rings. The maximum atomic E-state index is 12.0. The van der Waals surface area contributed by atoms with E-state index in [9.17, 15) is 9.59 Å². The van der Waals surface area contributed by atoms with E-state index in [1.807, 2.05) is 37.3 Å². The fourth-order valence-corrected chi connectivity index (χ4v) is 1.93. The Balaban J connectivity index is 2.41. The molecule has 0 aliphatic heterocycles. The molecule has 1 rings (SSSR count). The van der Waals surface area contributed by atoms with Crippen LogP contribution in [0.1, 0.15) is 25.3 Å². The Morgan fingerprint density at radius 3 is 2.50 bits per heavy atom. The quantitative estimate of drug-likeness (QED) is 0.750. The van der Waals surface area contributed by atoms with Gasteiger partial charge in [0.15, 0.2) is 0 Å². The molecule has 3 N–H and O–H groups in total. The summed E-state index contributed by atoms with van der Waals surface area (Å²) in [7, 11) is 0. The number of hydrogen-bond acceptors (Lipinski definition) is 3.